The second kappa shape index (κ2) is 7.93. The van der Waals surface area contributed by atoms with Gasteiger partial charge in [-0.25, -0.2) is 9.97 Å². The van der Waals surface area contributed by atoms with E-state index in [9.17, 15) is 18.0 Å². The van der Waals surface area contributed by atoms with Crippen LogP contribution in [0.15, 0.2) is 48.0 Å². The number of nitrogens with one attached hydrogen (secondary N) is 2. The van der Waals surface area contributed by atoms with E-state index in [1.807, 2.05) is 0 Å². The molecule has 140 valence electrons. The molecule has 2 aromatic heterocycles. The Labute approximate surface area is 161 Å². The Bertz CT molecular complexity index is 927. The lowest BCUT2D eigenvalue weighted by atomic mass is 10.2. The number of hydrogen-bond acceptors (Lipinski definition) is 5. The van der Waals surface area contributed by atoms with Crippen molar-refractivity contribution in [3.05, 3.63) is 64.3 Å². The normalized spacial score (nSPS) is 11.3. The smallest absolute Gasteiger partial charge is 0.326 e. The molecule has 0 saturated heterocycles. The number of alkyl halides is 3. The number of amides is 1. The van der Waals surface area contributed by atoms with Gasteiger partial charge >= 0.3 is 6.18 Å². The Hall–Kier alpha value is -2.65. The highest BCUT2D eigenvalue weighted by Gasteiger charge is 2.29. The summed E-state index contributed by atoms with van der Waals surface area (Å²) in [7, 11) is 0. The first-order chi connectivity index (χ1) is 12.8. The standard InChI is InChI=1S/C17H12ClF3N4OS/c18-11-3-6-14(22-8-11)25-16-24-13(9-27-16)7-15(26)23-12-4-1-10(2-5-12)17(19,20)21/h1-6,8-9H,7H2,(H,23,26)(H,22,24,25). The van der Waals surface area contributed by atoms with Crippen molar-refractivity contribution >= 4 is 45.5 Å². The number of carbonyl (C=O) groups is 1. The zero-order valence-corrected chi connectivity index (χ0v) is 15.1. The minimum Gasteiger partial charge on any atom is -0.326 e. The van der Waals surface area contributed by atoms with Gasteiger partial charge in [-0.05, 0) is 36.4 Å². The molecular weight excluding hydrogens is 401 g/mol. The van der Waals surface area contributed by atoms with Crippen molar-refractivity contribution in [1.82, 2.24) is 9.97 Å². The third kappa shape index (κ3) is 5.41. The van der Waals surface area contributed by atoms with Gasteiger partial charge < -0.3 is 10.6 Å². The number of hydrogen-bond donors (Lipinski definition) is 2. The lowest BCUT2D eigenvalue weighted by Crippen LogP contribution is -2.15. The maximum atomic E-state index is 12.5. The van der Waals surface area contributed by atoms with E-state index in [2.05, 4.69) is 20.6 Å². The van der Waals surface area contributed by atoms with E-state index in [1.54, 1.807) is 17.5 Å². The lowest BCUT2D eigenvalue weighted by molar-refractivity contribution is -0.137. The molecule has 0 spiro atoms. The fourth-order valence-corrected chi connectivity index (χ4v) is 2.95. The maximum Gasteiger partial charge on any atom is 0.416 e. The fraction of sp³-hybridized carbons (Fsp3) is 0.118. The number of thiazole rings is 1. The molecular formula is C17H12ClF3N4OS. The molecule has 0 radical (unpaired) electrons. The van der Waals surface area contributed by atoms with Crippen LogP contribution < -0.4 is 10.6 Å². The SMILES string of the molecule is O=C(Cc1csc(Nc2ccc(Cl)cn2)n1)Nc1ccc(C(F)(F)F)cc1. The molecule has 1 amide bonds. The maximum absolute atomic E-state index is 12.5. The minimum absolute atomic E-state index is 0.00670. The van der Waals surface area contributed by atoms with Gasteiger partial charge in [0.25, 0.3) is 0 Å². The monoisotopic (exact) mass is 412 g/mol. The van der Waals surface area contributed by atoms with Gasteiger partial charge in [0.2, 0.25) is 5.91 Å². The third-order valence-electron chi connectivity index (χ3n) is 3.35. The number of rotatable bonds is 5. The molecule has 0 fully saturated rings. The van der Waals surface area contributed by atoms with Crippen LogP contribution in [0, 0.1) is 0 Å². The Kier molecular flexibility index (Phi) is 5.62. The molecule has 10 heteroatoms. The van der Waals surface area contributed by atoms with Gasteiger partial charge in [-0.2, -0.15) is 13.2 Å². The minimum atomic E-state index is -4.41. The van der Waals surface area contributed by atoms with Gasteiger partial charge in [-0.3, -0.25) is 4.79 Å². The number of anilines is 3. The Balaban J connectivity index is 1.57. The highest BCUT2D eigenvalue weighted by atomic mass is 35.5. The summed E-state index contributed by atoms with van der Waals surface area (Å²) in [6, 6.07) is 7.63. The van der Waals surface area contributed by atoms with Crippen LogP contribution in [-0.4, -0.2) is 15.9 Å². The molecule has 0 saturated carbocycles. The number of pyridine rings is 1. The van der Waals surface area contributed by atoms with E-state index in [1.165, 1.54) is 29.7 Å². The molecule has 0 atom stereocenters. The zero-order chi connectivity index (χ0) is 19.4. The van der Waals surface area contributed by atoms with Gasteiger partial charge in [0.05, 0.1) is 22.7 Å². The average molecular weight is 413 g/mol. The van der Waals surface area contributed by atoms with Crippen LogP contribution in [0.5, 0.6) is 0 Å². The van der Waals surface area contributed by atoms with E-state index in [0.717, 1.165) is 12.1 Å². The summed E-state index contributed by atoms with van der Waals surface area (Å²) in [6.45, 7) is 0. The van der Waals surface area contributed by atoms with Crippen LogP contribution in [0.1, 0.15) is 11.3 Å². The molecule has 3 aromatic rings. The van der Waals surface area contributed by atoms with E-state index in [4.69, 9.17) is 11.6 Å². The summed E-state index contributed by atoms with van der Waals surface area (Å²) < 4.78 is 37.6. The largest absolute Gasteiger partial charge is 0.416 e. The Morgan fingerprint density at radius 2 is 1.89 bits per heavy atom. The quantitative estimate of drug-likeness (QED) is 0.609. The van der Waals surface area contributed by atoms with E-state index < -0.39 is 11.7 Å². The van der Waals surface area contributed by atoms with Crippen molar-refractivity contribution in [2.45, 2.75) is 12.6 Å². The topological polar surface area (TPSA) is 66.9 Å². The first-order valence-electron chi connectivity index (χ1n) is 7.60. The van der Waals surface area contributed by atoms with Gasteiger partial charge in [-0.1, -0.05) is 11.6 Å². The molecule has 3 rings (SSSR count). The molecule has 0 bridgehead atoms. The van der Waals surface area contributed by atoms with E-state index in [0.29, 0.717) is 21.7 Å². The summed E-state index contributed by atoms with van der Waals surface area (Å²) in [6.07, 6.45) is -2.92. The van der Waals surface area contributed by atoms with Crippen LogP contribution in [0.3, 0.4) is 0 Å². The zero-order valence-electron chi connectivity index (χ0n) is 13.5. The summed E-state index contributed by atoms with van der Waals surface area (Å²) in [5.41, 5.74) is 0.0411. The number of aromatic nitrogens is 2. The predicted molar refractivity (Wildman–Crippen MR) is 98.4 cm³/mol. The number of halogens is 4. The lowest BCUT2D eigenvalue weighted by Gasteiger charge is -2.08. The molecule has 0 unspecified atom stereocenters. The van der Waals surface area contributed by atoms with Crippen molar-refractivity contribution in [3.8, 4) is 0 Å². The number of benzene rings is 1. The van der Waals surface area contributed by atoms with Crippen molar-refractivity contribution < 1.29 is 18.0 Å². The van der Waals surface area contributed by atoms with Gasteiger partial charge in [0, 0.05) is 17.3 Å². The first-order valence-corrected chi connectivity index (χ1v) is 8.85. The van der Waals surface area contributed by atoms with Crippen molar-refractivity contribution in [3.63, 3.8) is 0 Å². The molecule has 1 aromatic carbocycles. The van der Waals surface area contributed by atoms with Crippen molar-refractivity contribution in [1.29, 1.82) is 0 Å². The molecule has 5 nitrogen and oxygen atoms in total. The second-order valence-electron chi connectivity index (χ2n) is 5.43. The molecule has 0 aliphatic rings. The summed E-state index contributed by atoms with van der Waals surface area (Å²) in [5.74, 6) is 0.186. The van der Waals surface area contributed by atoms with Crippen LogP contribution in [-0.2, 0) is 17.4 Å². The Morgan fingerprint density at radius 3 is 2.52 bits per heavy atom. The predicted octanol–water partition coefficient (Wildman–Crippen LogP) is 5.14. The molecule has 2 N–H and O–H groups in total. The number of nitrogens with zero attached hydrogens (tertiary/aromatic N) is 2. The summed E-state index contributed by atoms with van der Waals surface area (Å²) >= 11 is 7.07. The summed E-state index contributed by atoms with van der Waals surface area (Å²) in [4.78, 5) is 20.4. The summed E-state index contributed by atoms with van der Waals surface area (Å²) in [5, 5.41) is 8.32. The molecule has 27 heavy (non-hydrogen) atoms. The highest BCUT2D eigenvalue weighted by Crippen LogP contribution is 2.29. The van der Waals surface area contributed by atoms with Gasteiger partial charge in [0.1, 0.15) is 5.82 Å². The van der Waals surface area contributed by atoms with Crippen molar-refractivity contribution in [2.75, 3.05) is 10.6 Å². The fourth-order valence-electron chi connectivity index (χ4n) is 2.12. The molecule has 0 aliphatic heterocycles. The van der Waals surface area contributed by atoms with Crippen molar-refractivity contribution in [2.24, 2.45) is 0 Å². The highest BCUT2D eigenvalue weighted by molar-refractivity contribution is 7.13. The van der Waals surface area contributed by atoms with Gasteiger partial charge in [-0.15, -0.1) is 11.3 Å². The van der Waals surface area contributed by atoms with Crippen LogP contribution in [0.25, 0.3) is 0 Å². The third-order valence-corrected chi connectivity index (χ3v) is 4.38. The molecule has 2 heterocycles. The number of carbonyl (C=O) groups excluding carboxylic acids is 1. The van der Waals surface area contributed by atoms with Crippen LogP contribution >= 0.6 is 22.9 Å². The van der Waals surface area contributed by atoms with E-state index >= 15 is 0 Å². The van der Waals surface area contributed by atoms with Gasteiger partial charge in [0.15, 0.2) is 5.13 Å². The first kappa shape index (κ1) is 19.1. The van der Waals surface area contributed by atoms with E-state index in [-0.39, 0.29) is 18.0 Å². The average Bonchev–Trinajstić information content (AvgIpc) is 3.03. The molecule has 0 aliphatic carbocycles. The Morgan fingerprint density at radius 1 is 1.15 bits per heavy atom. The van der Waals surface area contributed by atoms with Crippen LogP contribution in [0.4, 0.5) is 29.8 Å². The second-order valence-corrected chi connectivity index (χ2v) is 6.73. The van der Waals surface area contributed by atoms with Crippen LogP contribution in [0.2, 0.25) is 5.02 Å².